The van der Waals surface area contributed by atoms with Crippen LogP contribution < -0.4 is 11.1 Å². The smallest absolute Gasteiger partial charge is 0.332 e. The van der Waals surface area contributed by atoms with Gasteiger partial charge in [-0.2, -0.15) is 0 Å². The maximum absolute atomic E-state index is 11.6. The fourth-order valence-electron chi connectivity index (χ4n) is 1.22. The van der Waals surface area contributed by atoms with Crippen LogP contribution in [0.1, 0.15) is 16.8 Å². The number of aliphatic hydroxyl groups is 1. The van der Waals surface area contributed by atoms with Gasteiger partial charge < -0.3 is 21.3 Å². The molecule has 0 bridgehead atoms. The Balaban J connectivity index is 2.50. The van der Waals surface area contributed by atoms with Gasteiger partial charge in [0.2, 0.25) is 0 Å². The highest BCUT2D eigenvalue weighted by molar-refractivity contribution is 6.33. The zero-order valence-electron chi connectivity index (χ0n) is 9.39. The van der Waals surface area contributed by atoms with Crippen molar-refractivity contribution in [3.63, 3.8) is 0 Å². The van der Waals surface area contributed by atoms with E-state index in [0.717, 1.165) is 0 Å². The van der Waals surface area contributed by atoms with Gasteiger partial charge in [-0.15, -0.1) is 0 Å². The van der Waals surface area contributed by atoms with Crippen molar-refractivity contribution in [1.29, 1.82) is 0 Å². The molecule has 0 spiro atoms. The number of aliphatic carboxylic acids is 1. The molecule has 1 amide bonds. The number of nitrogens with two attached hydrogens (primary N) is 1. The minimum Gasteiger partial charge on any atom is -0.479 e. The van der Waals surface area contributed by atoms with E-state index in [0.29, 0.717) is 11.3 Å². The van der Waals surface area contributed by atoms with E-state index in [1.165, 1.54) is 18.2 Å². The SMILES string of the molecule is Nc1ccc(C(=O)NCCC(O)C(=O)O)cc1Cl. The quantitative estimate of drug-likeness (QED) is 0.583. The molecule has 7 heteroatoms. The number of aliphatic hydroxyl groups excluding tert-OH is 1. The van der Waals surface area contributed by atoms with Crippen LogP contribution in [0.2, 0.25) is 5.02 Å². The van der Waals surface area contributed by atoms with Crippen molar-refractivity contribution in [2.24, 2.45) is 0 Å². The second-order valence-corrected chi connectivity index (χ2v) is 4.04. The summed E-state index contributed by atoms with van der Waals surface area (Å²) in [4.78, 5) is 22.0. The summed E-state index contributed by atoms with van der Waals surface area (Å²) in [6.07, 6.45) is -1.55. The largest absolute Gasteiger partial charge is 0.479 e. The van der Waals surface area contributed by atoms with Gasteiger partial charge in [-0.25, -0.2) is 4.79 Å². The highest BCUT2D eigenvalue weighted by atomic mass is 35.5. The van der Waals surface area contributed by atoms with Gasteiger partial charge in [-0.05, 0) is 18.2 Å². The minimum atomic E-state index is -1.49. The van der Waals surface area contributed by atoms with Gasteiger partial charge in [0.05, 0.1) is 10.7 Å². The first kappa shape index (κ1) is 14.3. The number of nitrogens with one attached hydrogen (secondary N) is 1. The molecule has 0 aromatic heterocycles. The molecule has 1 rings (SSSR count). The summed E-state index contributed by atoms with van der Waals surface area (Å²) in [5.74, 6) is -1.73. The lowest BCUT2D eigenvalue weighted by atomic mass is 10.2. The number of carbonyl (C=O) groups excluding carboxylic acids is 1. The van der Waals surface area contributed by atoms with Gasteiger partial charge in [-0.1, -0.05) is 11.6 Å². The monoisotopic (exact) mass is 272 g/mol. The predicted octanol–water partition coefficient (Wildman–Crippen LogP) is 0.488. The van der Waals surface area contributed by atoms with E-state index in [4.69, 9.17) is 27.5 Å². The highest BCUT2D eigenvalue weighted by Gasteiger charge is 2.13. The summed E-state index contributed by atoms with van der Waals surface area (Å²) in [5.41, 5.74) is 6.19. The molecular formula is C11H13ClN2O4. The van der Waals surface area contributed by atoms with Crippen molar-refractivity contribution in [1.82, 2.24) is 5.32 Å². The van der Waals surface area contributed by atoms with Gasteiger partial charge in [0.15, 0.2) is 6.10 Å². The first-order valence-electron chi connectivity index (χ1n) is 5.16. The van der Waals surface area contributed by atoms with E-state index >= 15 is 0 Å². The molecule has 0 aliphatic heterocycles. The molecule has 1 atom stereocenters. The third-order valence-corrected chi connectivity index (χ3v) is 2.58. The Bertz CT molecular complexity index is 464. The molecule has 1 aromatic carbocycles. The molecular weight excluding hydrogens is 260 g/mol. The summed E-state index contributed by atoms with van der Waals surface area (Å²) >= 11 is 5.76. The molecule has 6 nitrogen and oxygen atoms in total. The van der Waals surface area contributed by atoms with E-state index in [9.17, 15) is 9.59 Å². The van der Waals surface area contributed by atoms with E-state index < -0.39 is 18.0 Å². The molecule has 1 aromatic rings. The van der Waals surface area contributed by atoms with Crippen molar-refractivity contribution >= 4 is 29.2 Å². The number of nitrogen functional groups attached to an aromatic ring is 1. The number of hydrogen-bond acceptors (Lipinski definition) is 4. The Morgan fingerprint density at radius 3 is 2.67 bits per heavy atom. The van der Waals surface area contributed by atoms with Crippen LogP contribution >= 0.6 is 11.6 Å². The van der Waals surface area contributed by atoms with E-state index in [1.54, 1.807) is 0 Å². The molecule has 0 aliphatic carbocycles. The van der Waals surface area contributed by atoms with Crippen molar-refractivity contribution < 1.29 is 19.8 Å². The van der Waals surface area contributed by atoms with Crippen LogP contribution in [0.15, 0.2) is 18.2 Å². The molecule has 0 fully saturated rings. The number of carboxylic acid groups (broad SMARTS) is 1. The third-order valence-electron chi connectivity index (χ3n) is 2.25. The van der Waals surface area contributed by atoms with E-state index in [2.05, 4.69) is 5.32 Å². The highest BCUT2D eigenvalue weighted by Crippen LogP contribution is 2.19. The molecule has 1 unspecified atom stereocenters. The molecule has 0 heterocycles. The Kier molecular flexibility index (Phi) is 4.94. The van der Waals surface area contributed by atoms with Gasteiger partial charge in [0.1, 0.15) is 0 Å². The number of anilines is 1. The van der Waals surface area contributed by atoms with Gasteiger partial charge >= 0.3 is 5.97 Å². The van der Waals surface area contributed by atoms with E-state index in [-0.39, 0.29) is 18.0 Å². The number of carboxylic acids is 1. The summed E-state index contributed by atoms with van der Waals surface area (Å²) < 4.78 is 0. The lowest BCUT2D eigenvalue weighted by Gasteiger charge is -2.08. The Labute approximate surface area is 108 Å². The van der Waals surface area contributed by atoms with Gasteiger partial charge in [0, 0.05) is 18.5 Å². The second kappa shape index (κ2) is 6.23. The van der Waals surface area contributed by atoms with Crippen molar-refractivity contribution in [3.05, 3.63) is 28.8 Å². The zero-order chi connectivity index (χ0) is 13.7. The number of benzene rings is 1. The maximum Gasteiger partial charge on any atom is 0.332 e. The fraction of sp³-hybridized carbons (Fsp3) is 0.273. The van der Waals surface area contributed by atoms with Crippen molar-refractivity contribution in [2.45, 2.75) is 12.5 Å². The lowest BCUT2D eigenvalue weighted by molar-refractivity contribution is -0.146. The average Bonchev–Trinajstić information content (AvgIpc) is 2.32. The number of hydrogen-bond donors (Lipinski definition) is 4. The Hall–Kier alpha value is -1.79. The molecule has 0 saturated heterocycles. The first-order valence-corrected chi connectivity index (χ1v) is 5.53. The Morgan fingerprint density at radius 1 is 1.44 bits per heavy atom. The maximum atomic E-state index is 11.6. The van der Waals surface area contributed by atoms with Crippen molar-refractivity contribution in [2.75, 3.05) is 12.3 Å². The van der Waals surface area contributed by atoms with Crippen LogP contribution in [0.3, 0.4) is 0 Å². The van der Waals surface area contributed by atoms with Crippen LogP contribution in [0, 0.1) is 0 Å². The third kappa shape index (κ3) is 3.90. The summed E-state index contributed by atoms with van der Waals surface area (Å²) in [5, 5.41) is 20.2. The fourth-order valence-corrected chi connectivity index (χ4v) is 1.40. The standard InChI is InChI=1S/C11H13ClN2O4/c12-7-5-6(1-2-8(7)13)10(16)14-4-3-9(15)11(17)18/h1-2,5,9,15H,3-4,13H2,(H,14,16)(H,17,18). The zero-order valence-corrected chi connectivity index (χ0v) is 10.1. The summed E-state index contributed by atoms with van der Waals surface area (Å²) in [7, 11) is 0. The molecule has 0 radical (unpaired) electrons. The molecule has 0 saturated carbocycles. The van der Waals surface area contributed by atoms with Gasteiger partial charge in [0.25, 0.3) is 5.91 Å². The number of halogens is 1. The second-order valence-electron chi connectivity index (χ2n) is 3.63. The number of carbonyl (C=O) groups is 2. The van der Waals surface area contributed by atoms with Crippen LogP contribution in [0.25, 0.3) is 0 Å². The number of amides is 1. The lowest BCUT2D eigenvalue weighted by Crippen LogP contribution is -2.30. The van der Waals surface area contributed by atoms with Crippen molar-refractivity contribution in [3.8, 4) is 0 Å². The Morgan fingerprint density at radius 2 is 2.11 bits per heavy atom. The number of rotatable bonds is 5. The molecule has 5 N–H and O–H groups in total. The van der Waals surface area contributed by atoms with Crippen LogP contribution in [0.4, 0.5) is 5.69 Å². The topological polar surface area (TPSA) is 113 Å². The van der Waals surface area contributed by atoms with Crippen LogP contribution in [0.5, 0.6) is 0 Å². The normalized spacial score (nSPS) is 11.9. The molecule has 0 aliphatic rings. The predicted molar refractivity (Wildman–Crippen MR) is 66.5 cm³/mol. The minimum absolute atomic E-state index is 0.0499. The van der Waals surface area contributed by atoms with Gasteiger partial charge in [-0.3, -0.25) is 4.79 Å². The average molecular weight is 273 g/mol. The van der Waals surface area contributed by atoms with Crippen LogP contribution in [-0.4, -0.2) is 34.7 Å². The summed E-state index contributed by atoms with van der Waals surface area (Å²) in [6, 6.07) is 4.42. The van der Waals surface area contributed by atoms with E-state index in [1.807, 2.05) is 0 Å². The first-order chi connectivity index (χ1) is 8.41. The molecule has 18 heavy (non-hydrogen) atoms. The molecule has 98 valence electrons. The van der Waals surface area contributed by atoms with Crippen LogP contribution in [-0.2, 0) is 4.79 Å². The summed E-state index contributed by atoms with van der Waals surface area (Å²) in [6.45, 7) is 0.0499.